The first-order chi connectivity index (χ1) is 7.16. The third-order valence-electron chi connectivity index (χ3n) is 2.54. The molecule has 0 bridgehead atoms. The van der Waals surface area contributed by atoms with E-state index in [1.807, 2.05) is 0 Å². The van der Waals surface area contributed by atoms with Gasteiger partial charge in [-0.2, -0.15) is 0 Å². The van der Waals surface area contributed by atoms with Crippen LogP contribution in [0.2, 0.25) is 5.15 Å². The fraction of sp³-hybridized carbons (Fsp3) is 0.400. The molecule has 0 saturated heterocycles. The summed E-state index contributed by atoms with van der Waals surface area (Å²) in [5, 5.41) is 3.22. The van der Waals surface area contributed by atoms with Crippen molar-refractivity contribution in [2.75, 3.05) is 5.32 Å². The molecule has 0 unspecified atom stereocenters. The Labute approximate surface area is 101 Å². The molecular weight excluding hydrogens is 279 g/mol. The van der Waals surface area contributed by atoms with E-state index in [2.05, 4.69) is 26.2 Å². The van der Waals surface area contributed by atoms with E-state index < -0.39 is 0 Å². The summed E-state index contributed by atoms with van der Waals surface area (Å²) in [6, 6.07) is 1.76. The van der Waals surface area contributed by atoms with E-state index in [0.29, 0.717) is 15.3 Å². The second kappa shape index (κ2) is 4.49. The fourth-order valence-corrected chi connectivity index (χ4v) is 1.86. The molecule has 3 nitrogen and oxygen atoms in total. The van der Waals surface area contributed by atoms with Crippen molar-refractivity contribution in [2.24, 2.45) is 5.92 Å². The molecule has 0 spiro atoms. The van der Waals surface area contributed by atoms with Gasteiger partial charge in [-0.15, -0.1) is 0 Å². The van der Waals surface area contributed by atoms with Gasteiger partial charge in [0.15, 0.2) is 0 Å². The lowest BCUT2D eigenvalue weighted by molar-refractivity contribution is -0.122. The van der Waals surface area contributed by atoms with E-state index in [1.54, 1.807) is 12.3 Å². The molecule has 1 aromatic heterocycles. The molecule has 5 heteroatoms. The van der Waals surface area contributed by atoms with E-state index in [1.165, 1.54) is 0 Å². The average molecular weight is 290 g/mol. The summed E-state index contributed by atoms with van der Waals surface area (Å²) in [5.41, 5.74) is 0.683. The molecule has 1 fully saturated rings. The predicted molar refractivity (Wildman–Crippen MR) is 62.9 cm³/mol. The Hall–Kier alpha value is -0.610. The molecule has 80 valence electrons. The molecule has 2 rings (SSSR count). The van der Waals surface area contributed by atoms with Crippen molar-refractivity contribution < 1.29 is 4.79 Å². The van der Waals surface area contributed by atoms with Crippen LogP contribution in [0.5, 0.6) is 0 Å². The summed E-state index contributed by atoms with van der Waals surface area (Å²) >= 11 is 9.01. The highest BCUT2D eigenvalue weighted by Crippen LogP contribution is 2.28. The Kier molecular flexibility index (Phi) is 3.26. The SMILES string of the molecule is O=C(Nc1cnc(Cl)c(Br)c1)C1CCC1. The van der Waals surface area contributed by atoms with Crippen LogP contribution < -0.4 is 5.32 Å². The molecule has 1 N–H and O–H groups in total. The van der Waals surface area contributed by atoms with Gasteiger partial charge in [-0.1, -0.05) is 18.0 Å². The van der Waals surface area contributed by atoms with Crippen molar-refractivity contribution in [3.63, 3.8) is 0 Å². The molecule has 1 aromatic rings. The Morgan fingerprint density at radius 1 is 1.60 bits per heavy atom. The van der Waals surface area contributed by atoms with Crippen LogP contribution in [0, 0.1) is 5.92 Å². The number of anilines is 1. The Balaban J connectivity index is 2.03. The monoisotopic (exact) mass is 288 g/mol. The van der Waals surface area contributed by atoms with Crippen LogP contribution in [0.4, 0.5) is 5.69 Å². The lowest BCUT2D eigenvalue weighted by Crippen LogP contribution is -2.28. The summed E-state index contributed by atoms with van der Waals surface area (Å²) in [5.74, 6) is 0.261. The standard InChI is InChI=1S/C10H10BrClN2O/c11-8-4-7(5-13-9(8)12)14-10(15)6-2-1-3-6/h4-6H,1-3H2,(H,14,15). The van der Waals surface area contributed by atoms with Crippen LogP contribution in [-0.4, -0.2) is 10.9 Å². The maximum atomic E-state index is 11.6. The molecule has 1 heterocycles. The summed E-state index contributed by atoms with van der Waals surface area (Å²) in [4.78, 5) is 15.5. The number of halogens is 2. The number of carbonyl (C=O) groups excluding carboxylic acids is 1. The number of nitrogens with zero attached hydrogens (tertiary/aromatic N) is 1. The first kappa shape index (κ1) is 10.9. The van der Waals surface area contributed by atoms with Crippen LogP contribution in [-0.2, 0) is 4.79 Å². The molecule has 1 aliphatic carbocycles. The smallest absolute Gasteiger partial charge is 0.227 e. The normalized spacial score (nSPS) is 15.9. The Morgan fingerprint density at radius 2 is 2.33 bits per heavy atom. The van der Waals surface area contributed by atoms with Crippen molar-refractivity contribution in [3.05, 3.63) is 21.9 Å². The number of aromatic nitrogens is 1. The summed E-state index contributed by atoms with van der Waals surface area (Å²) in [6.45, 7) is 0. The van der Waals surface area contributed by atoms with Crippen molar-refractivity contribution in [2.45, 2.75) is 19.3 Å². The van der Waals surface area contributed by atoms with Gasteiger partial charge in [0.05, 0.1) is 16.4 Å². The minimum absolute atomic E-state index is 0.0808. The third-order valence-corrected chi connectivity index (χ3v) is 3.67. The number of hydrogen-bond donors (Lipinski definition) is 1. The highest BCUT2D eigenvalue weighted by atomic mass is 79.9. The van der Waals surface area contributed by atoms with Gasteiger partial charge in [0, 0.05) is 5.92 Å². The lowest BCUT2D eigenvalue weighted by atomic mass is 9.85. The molecule has 1 aliphatic rings. The van der Waals surface area contributed by atoms with Gasteiger partial charge in [0.25, 0.3) is 0 Å². The van der Waals surface area contributed by atoms with Gasteiger partial charge in [-0.25, -0.2) is 4.98 Å². The van der Waals surface area contributed by atoms with E-state index >= 15 is 0 Å². The van der Waals surface area contributed by atoms with Gasteiger partial charge in [0.2, 0.25) is 5.91 Å². The van der Waals surface area contributed by atoms with Gasteiger partial charge >= 0.3 is 0 Å². The lowest BCUT2D eigenvalue weighted by Gasteiger charge is -2.23. The van der Waals surface area contributed by atoms with Crippen molar-refractivity contribution in [1.29, 1.82) is 0 Å². The van der Waals surface area contributed by atoms with Crippen LogP contribution in [0.25, 0.3) is 0 Å². The summed E-state index contributed by atoms with van der Waals surface area (Å²) in [6.07, 6.45) is 4.70. The number of rotatable bonds is 2. The molecule has 1 amide bonds. The van der Waals surface area contributed by atoms with Crippen LogP contribution in [0.1, 0.15) is 19.3 Å². The molecular formula is C10H10BrClN2O. The van der Waals surface area contributed by atoms with E-state index in [9.17, 15) is 4.79 Å². The maximum absolute atomic E-state index is 11.6. The average Bonchev–Trinajstić information content (AvgIpc) is 2.08. The fourth-order valence-electron chi connectivity index (χ4n) is 1.40. The first-order valence-corrected chi connectivity index (χ1v) is 5.96. The molecule has 0 aliphatic heterocycles. The molecule has 0 atom stereocenters. The van der Waals surface area contributed by atoms with Crippen molar-refractivity contribution >= 4 is 39.1 Å². The van der Waals surface area contributed by atoms with Crippen molar-refractivity contribution in [3.8, 4) is 0 Å². The number of pyridine rings is 1. The number of amides is 1. The minimum atomic E-state index is 0.0808. The van der Waals surface area contributed by atoms with E-state index in [0.717, 1.165) is 19.3 Å². The van der Waals surface area contributed by atoms with Gasteiger partial charge in [-0.05, 0) is 34.8 Å². The number of hydrogen-bond acceptors (Lipinski definition) is 2. The predicted octanol–water partition coefficient (Wildman–Crippen LogP) is 3.24. The number of carbonyl (C=O) groups is 1. The van der Waals surface area contributed by atoms with Gasteiger partial charge < -0.3 is 5.32 Å². The van der Waals surface area contributed by atoms with Gasteiger partial charge in [0.1, 0.15) is 5.15 Å². The third kappa shape index (κ3) is 2.49. The topological polar surface area (TPSA) is 42.0 Å². The molecule has 0 radical (unpaired) electrons. The van der Waals surface area contributed by atoms with Crippen molar-refractivity contribution in [1.82, 2.24) is 4.98 Å². The largest absolute Gasteiger partial charge is 0.324 e. The van der Waals surface area contributed by atoms with Gasteiger partial charge in [-0.3, -0.25) is 4.79 Å². The highest BCUT2D eigenvalue weighted by molar-refractivity contribution is 9.10. The minimum Gasteiger partial charge on any atom is -0.324 e. The zero-order chi connectivity index (χ0) is 10.8. The van der Waals surface area contributed by atoms with Crippen LogP contribution in [0.15, 0.2) is 16.7 Å². The van der Waals surface area contributed by atoms with E-state index in [4.69, 9.17) is 11.6 Å². The Morgan fingerprint density at radius 3 is 2.87 bits per heavy atom. The number of nitrogens with one attached hydrogen (secondary N) is 1. The second-order valence-corrected chi connectivity index (χ2v) is 4.83. The molecule has 1 saturated carbocycles. The summed E-state index contributed by atoms with van der Waals surface area (Å²) in [7, 11) is 0. The zero-order valence-corrected chi connectivity index (χ0v) is 10.3. The first-order valence-electron chi connectivity index (χ1n) is 4.79. The second-order valence-electron chi connectivity index (χ2n) is 3.61. The quantitative estimate of drug-likeness (QED) is 0.849. The van der Waals surface area contributed by atoms with E-state index in [-0.39, 0.29) is 11.8 Å². The maximum Gasteiger partial charge on any atom is 0.227 e. The Bertz CT molecular complexity index is 393. The molecule has 15 heavy (non-hydrogen) atoms. The summed E-state index contributed by atoms with van der Waals surface area (Å²) < 4.78 is 0.690. The van der Waals surface area contributed by atoms with Crippen LogP contribution >= 0.6 is 27.5 Å². The van der Waals surface area contributed by atoms with Crippen LogP contribution in [0.3, 0.4) is 0 Å². The highest BCUT2D eigenvalue weighted by Gasteiger charge is 2.25. The molecule has 0 aromatic carbocycles. The zero-order valence-electron chi connectivity index (χ0n) is 7.96.